The zero-order valence-corrected chi connectivity index (χ0v) is 13.1. The van der Waals surface area contributed by atoms with Crippen LogP contribution in [0.5, 0.6) is 0 Å². The van der Waals surface area contributed by atoms with Crippen LogP contribution in [0.25, 0.3) is 11.0 Å². The first-order chi connectivity index (χ1) is 11.7. The molecule has 6 nitrogen and oxygen atoms in total. The molecule has 1 heterocycles. The average molecular weight is 322 g/mol. The Labute approximate surface area is 139 Å². The minimum absolute atomic E-state index is 0.0787. The van der Waals surface area contributed by atoms with E-state index in [1.807, 2.05) is 54.6 Å². The highest BCUT2D eigenvalue weighted by Crippen LogP contribution is 2.12. The predicted octanol–water partition coefficient (Wildman–Crippen LogP) is 2.25. The minimum Gasteiger partial charge on any atom is -0.347 e. The molecule has 2 aromatic carbocycles. The van der Waals surface area contributed by atoms with Gasteiger partial charge in [-0.1, -0.05) is 42.5 Å². The highest BCUT2D eigenvalue weighted by Gasteiger charge is 2.08. The molecule has 122 valence electrons. The van der Waals surface area contributed by atoms with E-state index < -0.39 is 0 Å². The molecule has 0 unspecified atom stereocenters. The number of hydrogen-bond donors (Lipinski definition) is 3. The van der Waals surface area contributed by atoms with Gasteiger partial charge in [-0.05, 0) is 24.1 Å². The van der Waals surface area contributed by atoms with Crippen molar-refractivity contribution >= 4 is 28.8 Å². The van der Waals surface area contributed by atoms with Gasteiger partial charge in [0.25, 0.3) is 0 Å². The van der Waals surface area contributed by atoms with E-state index in [-0.39, 0.29) is 18.4 Å². The number of fused-ring (bicyclic) bond motifs is 1. The van der Waals surface area contributed by atoms with E-state index in [9.17, 15) is 9.59 Å². The number of carbonyl (C=O) groups excluding carboxylic acids is 2. The second-order valence-electron chi connectivity index (χ2n) is 5.41. The van der Waals surface area contributed by atoms with Crippen molar-refractivity contribution in [2.24, 2.45) is 0 Å². The summed E-state index contributed by atoms with van der Waals surface area (Å²) in [5.74, 6) is -0.0968. The standard InChI is InChI=1S/C18H18N4O2/c23-16(11-10-13-6-2-1-3-7-13)19-12-17(24)22-18-20-14-8-4-5-9-15(14)21-18/h1-9H,10-12H2,(H,19,23)(H2,20,21,22,24). The molecule has 6 heteroatoms. The number of aromatic amines is 1. The maximum atomic E-state index is 11.9. The molecule has 24 heavy (non-hydrogen) atoms. The Hall–Kier alpha value is -3.15. The summed E-state index contributed by atoms with van der Waals surface area (Å²) in [6.45, 7) is -0.0787. The van der Waals surface area contributed by atoms with Crippen molar-refractivity contribution < 1.29 is 9.59 Å². The van der Waals surface area contributed by atoms with Crippen LogP contribution in [0.1, 0.15) is 12.0 Å². The van der Waals surface area contributed by atoms with Gasteiger partial charge < -0.3 is 10.3 Å². The van der Waals surface area contributed by atoms with Gasteiger partial charge in [0.1, 0.15) is 0 Å². The Morgan fingerprint density at radius 2 is 1.71 bits per heavy atom. The first-order valence-corrected chi connectivity index (χ1v) is 7.76. The van der Waals surface area contributed by atoms with E-state index in [1.54, 1.807) is 0 Å². The number of H-pyrrole nitrogens is 1. The van der Waals surface area contributed by atoms with Crippen LogP contribution < -0.4 is 10.6 Å². The smallest absolute Gasteiger partial charge is 0.246 e. The van der Waals surface area contributed by atoms with Gasteiger partial charge >= 0.3 is 0 Å². The SMILES string of the molecule is O=C(CCc1ccccc1)NCC(=O)Nc1nc2ccccc2[nH]1. The van der Waals surface area contributed by atoms with Gasteiger partial charge in [-0.25, -0.2) is 4.98 Å². The molecule has 0 spiro atoms. The number of amides is 2. The Kier molecular flexibility index (Phi) is 4.86. The van der Waals surface area contributed by atoms with Gasteiger partial charge in [-0.2, -0.15) is 0 Å². The fourth-order valence-electron chi connectivity index (χ4n) is 2.36. The van der Waals surface area contributed by atoms with Gasteiger partial charge in [-0.15, -0.1) is 0 Å². The third kappa shape index (κ3) is 4.19. The van der Waals surface area contributed by atoms with Gasteiger partial charge in [0, 0.05) is 6.42 Å². The van der Waals surface area contributed by atoms with Gasteiger partial charge in [0.15, 0.2) is 0 Å². The van der Waals surface area contributed by atoms with Gasteiger partial charge in [-0.3, -0.25) is 14.9 Å². The summed E-state index contributed by atoms with van der Waals surface area (Å²) in [4.78, 5) is 30.9. The molecule has 1 aromatic heterocycles. The lowest BCUT2D eigenvalue weighted by atomic mass is 10.1. The van der Waals surface area contributed by atoms with Crippen LogP contribution in [-0.4, -0.2) is 28.3 Å². The number of para-hydroxylation sites is 2. The van der Waals surface area contributed by atoms with Crippen LogP contribution in [0.2, 0.25) is 0 Å². The lowest BCUT2D eigenvalue weighted by molar-refractivity contribution is -0.124. The zero-order valence-electron chi connectivity index (χ0n) is 13.1. The second kappa shape index (κ2) is 7.41. The molecule has 3 aromatic rings. The fraction of sp³-hybridized carbons (Fsp3) is 0.167. The number of imidazole rings is 1. The summed E-state index contributed by atoms with van der Waals surface area (Å²) < 4.78 is 0. The molecule has 0 aliphatic rings. The number of carbonyl (C=O) groups is 2. The van der Waals surface area contributed by atoms with Crippen LogP contribution in [-0.2, 0) is 16.0 Å². The molecule has 3 N–H and O–H groups in total. The van der Waals surface area contributed by atoms with E-state index in [0.717, 1.165) is 16.6 Å². The van der Waals surface area contributed by atoms with E-state index in [2.05, 4.69) is 20.6 Å². The molecule has 0 atom stereocenters. The summed E-state index contributed by atoms with van der Waals surface area (Å²) >= 11 is 0. The molecule has 0 saturated heterocycles. The van der Waals surface area contributed by atoms with Crippen molar-refractivity contribution in [3.05, 3.63) is 60.2 Å². The van der Waals surface area contributed by atoms with Crippen LogP contribution in [0, 0.1) is 0 Å². The number of benzene rings is 2. The van der Waals surface area contributed by atoms with Gasteiger partial charge in [0.2, 0.25) is 17.8 Å². The first-order valence-electron chi connectivity index (χ1n) is 7.76. The lowest BCUT2D eigenvalue weighted by Crippen LogP contribution is -2.33. The molecule has 0 fully saturated rings. The monoisotopic (exact) mass is 322 g/mol. The Morgan fingerprint density at radius 1 is 0.958 bits per heavy atom. The van der Waals surface area contributed by atoms with Crippen LogP contribution in [0.15, 0.2) is 54.6 Å². The second-order valence-corrected chi connectivity index (χ2v) is 5.41. The quantitative estimate of drug-likeness (QED) is 0.650. The molecule has 2 amide bonds. The third-order valence-corrected chi connectivity index (χ3v) is 3.58. The Bertz CT molecular complexity index is 809. The predicted molar refractivity (Wildman–Crippen MR) is 92.5 cm³/mol. The van der Waals surface area contributed by atoms with E-state index in [4.69, 9.17) is 0 Å². The molecule has 0 aliphatic carbocycles. The topological polar surface area (TPSA) is 86.9 Å². The van der Waals surface area contributed by atoms with Crippen molar-refractivity contribution in [2.45, 2.75) is 12.8 Å². The molecular weight excluding hydrogens is 304 g/mol. The van der Waals surface area contributed by atoms with Crippen molar-refractivity contribution in [2.75, 3.05) is 11.9 Å². The molecule has 0 bridgehead atoms. The number of anilines is 1. The summed E-state index contributed by atoms with van der Waals surface area (Å²) in [7, 11) is 0. The molecule has 3 rings (SSSR count). The number of aromatic nitrogens is 2. The normalized spacial score (nSPS) is 10.5. The minimum atomic E-state index is -0.317. The number of nitrogens with zero attached hydrogens (tertiary/aromatic N) is 1. The van der Waals surface area contributed by atoms with E-state index in [1.165, 1.54) is 0 Å². The lowest BCUT2D eigenvalue weighted by Gasteiger charge is -2.05. The molecule has 0 aliphatic heterocycles. The zero-order chi connectivity index (χ0) is 16.8. The summed E-state index contributed by atoms with van der Waals surface area (Å²) in [5.41, 5.74) is 2.72. The fourth-order valence-corrected chi connectivity index (χ4v) is 2.36. The molecule has 0 radical (unpaired) electrons. The van der Waals surface area contributed by atoms with E-state index >= 15 is 0 Å². The Morgan fingerprint density at radius 3 is 2.50 bits per heavy atom. The maximum Gasteiger partial charge on any atom is 0.246 e. The van der Waals surface area contributed by atoms with Crippen LogP contribution in [0.3, 0.4) is 0 Å². The first kappa shape index (κ1) is 15.7. The number of hydrogen-bond acceptors (Lipinski definition) is 3. The maximum absolute atomic E-state index is 11.9. The molecule has 0 saturated carbocycles. The van der Waals surface area contributed by atoms with Crippen molar-refractivity contribution in [3.63, 3.8) is 0 Å². The third-order valence-electron chi connectivity index (χ3n) is 3.58. The highest BCUT2D eigenvalue weighted by atomic mass is 16.2. The number of rotatable bonds is 6. The number of aryl methyl sites for hydroxylation is 1. The Balaban J connectivity index is 1.44. The molecular formula is C18H18N4O2. The van der Waals surface area contributed by atoms with Crippen molar-refractivity contribution in [1.82, 2.24) is 15.3 Å². The van der Waals surface area contributed by atoms with Crippen molar-refractivity contribution in [1.29, 1.82) is 0 Å². The number of nitrogens with one attached hydrogen (secondary N) is 3. The summed E-state index contributed by atoms with van der Waals surface area (Å²) in [6.07, 6.45) is 1.000. The van der Waals surface area contributed by atoms with Crippen LogP contribution in [0.4, 0.5) is 5.95 Å². The summed E-state index contributed by atoms with van der Waals surface area (Å²) in [6, 6.07) is 17.3. The summed E-state index contributed by atoms with van der Waals surface area (Å²) in [5, 5.41) is 5.25. The largest absolute Gasteiger partial charge is 0.347 e. The highest BCUT2D eigenvalue weighted by molar-refractivity contribution is 5.94. The van der Waals surface area contributed by atoms with E-state index in [0.29, 0.717) is 18.8 Å². The van der Waals surface area contributed by atoms with Crippen molar-refractivity contribution in [3.8, 4) is 0 Å². The average Bonchev–Trinajstić information content (AvgIpc) is 3.01. The van der Waals surface area contributed by atoms with Crippen LogP contribution >= 0.6 is 0 Å². The van der Waals surface area contributed by atoms with Gasteiger partial charge in [0.05, 0.1) is 17.6 Å².